The van der Waals surface area contributed by atoms with Crippen molar-refractivity contribution in [2.75, 3.05) is 7.11 Å². The lowest BCUT2D eigenvalue weighted by Gasteiger charge is -2.02. The molecular weight excluding hydrogens is 180 g/mol. The first-order valence-electron chi connectivity index (χ1n) is 4.32. The summed E-state index contributed by atoms with van der Waals surface area (Å²) >= 11 is 0. The van der Waals surface area contributed by atoms with Gasteiger partial charge < -0.3 is 9.15 Å². The molecule has 0 saturated heterocycles. The van der Waals surface area contributed by atoms with Crippen molar-refractivity contribution < 1.29 is 13.9 Å². The highest BCUT2D eigenvalue weighted by atomic mass is 16.5. The molecule has 0 radical (unpaired) electrons. The molecule has 0 unspecified atom stereocenters. The van der Waals surface area contributed by atoms with E-state index in [4.69, 9.17) is 4.42 Å². The molecule has 0 bridgehead atoms. The number of hydrogen-bond donors (Lipinski definition) is 0. The average molecular weight is 190 g/mol. The summed E-state index contributed by atoms with van der Waals surface area (Å²) in [5, 5.41) is 0. The molecule has 0 spiro atoms. The number of hydrogen-bond acceptors (Lipinski definition) is 3. The molecule has 0 aromatic carbocycles. The zero-order valence-electron chi connectivity index (χ0n) is 7.82. The van der Waals surface area contributed by atoms with E-state index in [-0.39, 0.29) is 12.4 Å². The van der Waals surface area contributed by atoms with Gasteiger partial charge in [0.25, 0.3) is 0 Å². The number of rotatable bonds is 2. The lowest BCUT2D eigenvalue weighted by atomic mass is 10.1. The summed E-state index contributed by atoms with van der Waals surface area (Å²) in [6.45, 7) is 0. The third kappa shape index (κ3) is 1.62. The van der Waals surface area contributed by atoms with E-state index >= 15 is 0 Å². The summed E-state index contributed by atoms with van der Waals surface area (Å²) in [7, 11) is 1.36. The molecule has 72 valence electrons. The Labute approximate surface area is 81.6 Å². The zero-order chi connectivity index (χ0) is 9.97. The van der Waals surface area contributed by atoms with E-state index in [1.54, 1.807) is 6.26 Å². The van der Waals surface area contributed by atoms with Crippen molar-refractivity contribution in [2.24, 2.45) is 0 Å². The van der Waals surface area contributed by atoms with Crippen LogP contribution in [0.3, 0.4) is 0 Å². The molecule has 3 nitrogen and oxygen atoms in total. The predicted molar refractivity (Wildman–Crippen MR) is 51.1 cm³/mol. The largest absolute Gasteiger partial charge is 0.469 e. The van der Waals surface area contributed by atoms with Gasteiger partial charge in [0.1, 0.15) is 12.2 Å². The molecule has 1 aliphatic heterocycles. The third-order valence-electron chi connectivity index (χ3n) is 2.08. The SMILES string of the molecule is COC(=O)Cc1cc2cccc-2co1. The summed E-state index contributed by atoms with van der Waals surface area (Å²) in [6, 6.07) is 7.74. The fourth-order valence-electron chi connectivity index (χ4n) is 1.34. The van der Waals surface area contributed by atoms with Gasteiger partial charge in [-0.2, -0.15) is 0 Å². The van der Waals surface area contributed by atoms with Crippen LogP contribution < -0.4 is 0 Å². The van der Waals surface area contributed by atoms with Gasteiger partial charge in [0.15, 0.2) is 0 Å². The number of ether oxygens (including phenoxy) is 1. The summed E-state index contributed by atoms with van der Waals surface area (Å²) in [6.07, 6.45) is 1.82. The number of methoxy groups -OCH3 is 1. The van der Waals surface area contributed by atoms with Crippen LogP contribution in [0, 0.1) is 0 Å². The molecule has 2 rings (SSSR count). The van der Waals surface area contributed by atoms with Crippen LogP contribution in [0.25, 0.3) is 11.1 Å². The van der Waals surface area contributed by atoms with E-state index < -0.39 is 0 Å². The Morgan fingerprint density at radius 3 is 3.00 bits per heavy atom. The molecular formula is C11H10O3. The molecule has 0 fully saturated rings. The summed E-state index contributed by atoms with van der Waals surface area (Å²) in [5.74, 6) is 0.329. The molecule has 0 saturated carbocycles. The molecule has 0 aromatic rings. The Hall–Kier alpha value is -1.77. The first-order valence-corrected chi connectivity index (χ1v) is 4.32. The number of carbonyl (C=O) groups is 1. The Morgan fingerprint density at radius 1 is 1.43 bits per heavy atom. The molecule has 2 aliphatic rings. The summed E-state index contributed by atoms with van der Waals surface area (Å²) < 4.78 is 9.82. The second-order valence-corrected chi connectivity index (χ2v) is 3.04. The van der Waals surface area contributed by atoms with Gasteiger partial charge in [-0.15, -0.1) is 0 Å². The van der Waals surface area contributed by atoms with Crippen LogP contribution in [0.5, 0.6) is 0 Å². The van der Waals surface area contributed by atoms with Crippen LogP contribution in [-0.4, -0.2) is 13.1 Å². The maximum atomic E-state index is 11.0. The number of fused-ring (bicyclic) bond motifs is 1. The zero-order valence-corrected chi connectivity index (χ0v) is 7.82. The normalized spacial score (nSPS) is 10.4. The molecule has 1 aliphatic carbocycles. The Kier molecular flexibility index (Phi) is 2.23. The van der Waals surface area contributed by atoms with Crippen molar-refractivity contribution in [3.05, 3.63) is 36.3 Å². The second kappa shape index (κ2) is 3.54. The van der Waals surface area contributed by atoms with Crippen LogP contribution in [-0.2, 0) is 16.0 Å². The van der Waals surface area contributed by atoms with Gasteiger partial charge in [-0.1, -0.05) is 18.2 Å². The highest BCUT2D eigenvalue weighted by Crippen LogP contribution is 2.24. The molecule has 3 heteroatoms. The molecule has 1 heterocycles. The molecule has 0 N–H and O–H groups in total. The van der Waals surface area contributed by atoms with Crippen molar-refractivity contribution in [3.63, 3.8) is 0 Å². The van der Waals surface area contributed by atoms with E-state index in [2.05, 4.69) is 4.74 Å². The average Bonchev–Trinajstić information content (AvgIpc) is 2.64. The first kappa shape index (κ1) is 8.81. The number of carbonyl (C=O) groups excluding carboxylic acids is 1. The minimum Gasteiger partial charge on any atom is -0.469 e. The van der Waals surface area contributed by atoms with E-state index in [0.29, 0.717) is 5.76 Å². The van der Waals surface area contributed by atoms with Crippen molar-refractivity contribution in [2.45, 2.75) is 6.42 Å². The van der Waals surface area contributed by atoms with Crippen molar-refractivity contribution >= 4 is 5.97 Å². The fraction of sp³-hybridized carbons (Fsp3) is 0.182. The van der Waals surface area contributed by atoms with Crippen molar-refractivity contribution in [1.29, 1.82) is 0 Å². The van der Waals surface area contributed by atoms with E-state index in [1.807, 2.05) is 24.3 Å². The monoisotopic (exact) mass is 190 g/mol. The van der Waals surface area contributed by atoms with Gasteiger partial charge in [0, 0.05) is 5.56 Å². The minimum atomic E-state index is -0.292. The standard InChI is InChI=1S/C11H10O3/c1-13-11(12)6-10-5-8-3-2-4-9(8)7-14-10/h2-5,7H,6H2,1H3. The Balaban J connectivity index is 2.27. The molecule has 0 amide bonds. The van der Waals surface area contributed by atoms with E-state index in [0.717, 1.165) is 11.1 Å². The predicted octanol–water partition coefficient (Wildman–Crippen LogP) is 2.10. The first-order chi connectivity index (χ1) is 6.79. The second-order valence-electron chi connectivity index (χ2n) is 3.04. The smallest absolute Gasteiger partial charge is 0.313 e. The van der Waals surface area contributed by atoms with Gasteiger partial charge >= 0.3 is 5.97 Å². The fourth-order valence-corrected chi connectivity index (χ4v) is 1.34. The van der Waals surface area contributed by atoms with Crippen LogP contribution in [0.2, 0.25) is 0 Å². The lowest BCUT2D eigenvalue weighted by Crippen LogP contribution is -2.04. The maximum Gasteiger partial charge on any atom is 0.313 e. The van der Waals surface area contributed by atoms with Crippen molar-refractivity contribution in [1.82, 2.24) is 0 Å². The highest BCUT2D eigenvalue weighted by molar-refractivity contribution is 5.73. The van der Waals surface area contributed by atoms with Crippen LogP contribution in [0.15, 0.2) is 34.9 Å². The van der Waals surface area contributed by atoms with E-state index in [9.17, 15) is 4.79 Å². The summed E-state index contributed by atoms with van der Waals surface area (Å²) in [5.41, 5.74) is 2.12. The topological polar surface area (TPSA) is 39.4 Å². The highest BCUT2D eigenvalue weighted by Gasteiger charge is 2.08. The number of esters is 1. The van der Waals surface area contributed by atoms with Crippen molar-refractivity contribution in [3.8, 4) is 11.1 Å². The third-order valence-corrected chi connectivity index (χ3v) is 2.08. The molecule has 14 heavy (non-hydrogen) atoms. The quantitative estimate of drug-likeness (QED) is 0.681. The van der Waals surface area contributed by atoms with Gasteiger partial charge in [0.2, 0.25) is 0 Å². The maximum absolute atomic E-state index is 11.0. The van der Waals surface area contributed by atoms with Crippen LogP contribution in [0.1, 0.15) is 5.76 Å². The Morgan fingerprint density at radius 2 is 2.21 bits per heavy atom. The van der Waals surface area contributed by atoms with E-state index in [1.165, 1.54) is 7.11 Å². The van der Waals surface area contributed by atoms with Crippen LogP contribution in [0.4, 0.5) is 0 Å². The minimum absolute atomic E-state index is 0.178. The molecule has 0 aromatic heterocycles. The van der Waals surface area contributed by atoms with Gasteiger partial charge in [0.05, 0.1) is 13.4 Å². The lowest BCUT2D eigenvalue weighted by molar-refractivity contribution is -0.140. The Bertz CT molecular complexity index is 417. The van der Waals surface area contributed by atoms with Crippen LogP contribution >= 0.6 is 0 Å². The van der Waals surface area contributed by atoms with Gasteiger partial charge in [-0.3, -0.25) is 4.79 Å². The summed E-state index contributed by atoms with van der Waals surface area (Å²) in [4.78, 5) is 11.0. The molecule has 0 atom stereocenters. The van der Waals surface area contributed by atoms with Gasteiger partial charge in [-0.05, 0) is 11.6 Å². The van der Waals surface area contributed by atoms with Gasteiger partial charge in [-0.25, -0.2) is 0 Å².